The highest BCUT2D eigenvalue weighted by Crippen LogP contribution is 2.25. The van der Waals surface area contributed by atoms with Crippen molar-refractivity contribution in [2.24, 2.45) is 0 Å². The molecule has 3 heterocycles. The molecule has 0 saturated carbocycles. The van der Waals surface area contributed by atoms with E-state index in [0.717, 1.165) is 61.9 Å². The molecule has 5 rings (SSSR count). The molecular formula is C23H25N5O. The molecule has 6 nitrogen and oxygen atoms in total. The SMILES string of the molecule is O=C(Nc1cccc(-c2nnc3n2CCC3)c1)c1cccc(CN2CCCC2)c1. The monoisotopic (exact) mass is 387 g/mol. The lowest BCUT2D eigenvalue weighted by molar-refractivity contribution is 0.102. The summed E-state index contributed by atoms with van der Waals surface area (Å²) < 4.78 is 2.17. The molecule has 0 aliphatic carbocycles. The molecule has 3 aromatic rings. The summed E-state index contributed by atoms with van der Waals surface area (Å²) in [5.74, 6) is 1.84. The predicted molar refractivity (Wildman–Crippen MR) is 113 cm³/mol. The molecular weight excluding hydrogens is 362 g/mol. The molecule has 0 atom stereocenters. The number of hydrogen-bond acceptors (Lipinski definition) is 4. The Balaban J connectivity index is 1.32. The van der Waals surface area contributed by atoms with E-state index in [1.807, 2.05) is 42.5 Å². The second-order valence-electron chi connectivity index (χ2n) is 7.91. The van der Waals surface area contributed by atoms with Crippen LogP contribution in [0.2, 0.25) is 0 Å². The summed E-state index contributed by atoms with van der Waals surface area (Å²) in [5.41, 5.74) is 3.63. The van der Waals surface area contributed by atoms with Gasteiger partial charge >= 0.3 is 0 Å². The fourth-order valence-electron chi connectivity index (χ4n) is 4.31. The molecule has 1 amide bonds. The number of fused-ring (bicyclic) bond motifs is 1. The Morgan fingerprint density at radius 3 is 2.72 bits per heavy atom. The van der Waals surface area contributed by atoms with Crippen molar-refractivity contribution < 1.29 is 4.79 Å². The van der Waals surface area contributed by atoms with Gasteiger partial charge in [-0.15, -0.1) is 10.2 Å². The predicted octanol–water partition coefficient (Wildman–Crippen LogP) is 3.74. The molecule has 1 N–H and O–H groups in total. The van der Waals surface area contributed by atoms with E-state index in [1.54, 1.807) is 0 Å². The average molecular weight is 387 g/mol. The van der Waals surface area contributed by atoms with Crippen molar-refractivity contribution in [3.8, 4) is 11.4 Å². The molecule has 2 aliphatic heterocycles. The number of benzene rings is 2. The second-order valence-corrected chi connectivity index (χ2v) is 7.91. The van der Waals surface area contributed by atoms with Gasteiger partial charge in [0.2, 0.25) is 0 Å². The van der Waals surface area contributed by atoms with Gasteiger partial charge in [0.1, 0.15) is 5.82 Å². The number of carbonyl (C=O) groups excluding carboxylic acids is 1. The van der Waals surface area contributed by atoms with E-state index in [1.165, 1.54) is 18.4 Å². The lowest BCUT2D eigenvalue weighted by Crippen LogP contribution is -2.19. The lowest BCUT2D eigenvalue weighted by atomic mass is 10.1. The standard InChI is InChI=1S/C23H25N5O/c29-23(19-8-3-6-17(14-19)16-27-11-1-2-12-27)24-20-9-4-7-18(15-20)22-26-25-21-10-5-13-28(21)22/h3-4,6-9,14-15H,1-2,5,10-13,16H2,(H,24,29). The van der Waals surface area contributed by atoms with Crippen LogP contribution in [-0.2, 0) is 19.5 Å². The van der Waals surface area contributed by atoms with E-state index >= 15 is 0 Å². The minimum absolute atomic E-state index is 0.0862. The number of anilines is 1. The lowest BCUT2D eigenvalue weighted by Gasteiger charge is -2.15. The van der Waals surface area contributed by atoms with Gasteiger partial charge in [0, 0.05) is 36.3 Å². The number of nitrogens with zero attached hydrogens (tertiary/aromatic N) is 4. The Morgan fingerprint density at radius 2 is 1.83 bits per heavy atom. The maximum atomic E-state index is 12.8. The summed E-state index contributed by atoms with van der Waals surface area (Å²) in [5, 5.41) is 11.7. The zero-order chi connectivity index (χ0) is 19.6. The van der Waals surface area contributed by atoms with Gasteiger partial charge in [-0.1, -0.05) is 24.3 Å². The number of aryl methyl sites for hydroxylation is 1. The van der Waals surface area contributed by atoms with E-state index < -0.39 is 0 Å². The van der Waals surface area contributed by atoms with Crippen molar-refractivity contribution in [3.05, 3.63) is 65.5 Å². The van der Waals surface area contributed by atoms with Crippen molar-refractivity contribution in [1.29, 1.82) is 0 Å². The Morgan fingerprint density at radius 1 is 0.966 bits per heavy atom. The van der Waals surface area contributed by atoms with Crippen molar-refractivity contribution in [2.45, 2.75) is 38.8 Å². The number of nitrogens with one attached hydrogen (secondary N) is 1. The Kier molecular flexibility index (Phi) is 4.86. The summed E-state index contributed by atoms with van der Waals surface area (Å²) in [4.78, 5) is 15.3. The van der Waals surface area contributed by atoms with Gasteiger partial charge in [-0.3, -0.25) is 9.69 Å². The van der Waals surface area contributed by atoms with E-state index in [2.05, 4.69) is 31.0 Å². The zero-order valence-corrected chi connectivity index (χ0v) is 16.5. The van der Waals surface area contributed by atoms with Crippen LogP contribution in [0.5, 0.6) is 0 Å². The highest BCUT2D eigenvalue weighted by molar-refractivity contribution is 6.04. The Bertz CT molecular complexity index is 1040. The summed E-state index contributed by atoms with van der Waals surface area (Å²) >= 11 is 0. The quantitative estimate of drug-likeness (QED) is 0.724. The van der Waals surface area contributed by atoms with Crippen LogP contribution in [0.25, 0.3) is 11.4 Å². The molecule has 0 radical (unpaired) electrons. The molecule has 148 valence electrons. The van der Waals surface area contributed by atoms with Crippen LogP contribution in [0.4, 0.5) is 5.69 Å². The maximum absolute atomic E-state index is 12.8. The van der Waals surface area contributed by atoms with E-state index in [9.17, 15) is 4.79 Å². The first-order valence-electron chi connectivity index (χ1n) is 10.4. The summed E-state index contributed by atoms with van der Waals surface area (Å²) in [7, 11) is 0. The van der Waals surface area contributed by atoms with E-state index in [-0.39, 0.29) is 5.91 Å². The third kappa shape index (κ3) is 3.80. The average Bonchev–Trinajstić information content (AvgIpc) is 3.47. The van der Waals surface area contributed by atoms with E-state index in [0.29, 0.717) is 5.56 Å². The third-order valence-electron chi connectivity index (χ3n) is 5.78. The molecule has 1 saturated heterocycles. The molecule has 2 aromatic carbocycles. The van der Waals surface area contributed by atoms with Crippen molar-refractivity contribution >= 4 is 11.6 Å². The molecule has 1 aromatic heterocycles. The smallest absolute Gasteiger partial charge is 0.255 e. The van der Waals surface area contributed by atoms with Crippen LogP contribution in [-0.4, -0.2) is 38.7 Å². The normalized spacial score (nSPS) is 16.1. The zero-order valence-electron chi connectivity index (χ0n) is 16.5. The highest BCUT2D eigenvalue weighted by atomic mass is 16.1. The van der Waals surface area contributed by atoms with Crippen LogP contribution < -0.4 is 5.32 Å². The molecule has 0 unspecified atom stereocenters. The Labute approximate surface area is 170 Å². The van der Waals surface area contributed by atoms with Gasteiger partial charge in [-0.2, -0.15) is 0 Å². The van der Waals surface area contributed by atoms with Gasteiger partial charge in [-0.05, 0) is 62.2 Å². The summed E-state index contributed by atoms with van der Waals surface area (Å²) in [6.45, 7) is 4.16. The highest BCUT2D eigenvalue weighted by Gasteiger charge is 2.19. The molecule has 0 spiro atoms. The number of carbonyl (C=O) groups is 1. The fraction of sp³-hybridized carbons (Fsp3) is 0.348. The second kappa shape index (κ2) is 7.79. The van der Waals surface area contributed by atoms with Gasteiger partial charge < -0.3 is 9.88 Å². The largest absolute Gasteiger partial charge is 0.322 e. The van der Waals surface area contributed by atoms with Gasteiger partial charge in [0.15, 0.2) is 5.82 Å². The first-order chi connectivity index (χ1) is 14.3. The van der Waals surface area contributed by atoms with E-state index in [4.69, 9.17) is 0 Å². The topological polar surface area (TPSA) is 63.1 Å². The maximum Gasteiger partial charge on any atom is 0.255 e. The van der Waals surface area contributed by atoms with Gasteiger partial charge in [-0.25, -0.2) is 0 Å². The van der Waals surface area contributed by atoms with Gasteiger partial charge in [0.25, 0.3) is 5.91 Å². The Hall–Kier alpha value is -2.99. The van der Waals surface area contributed by atoms with Crippen LogP contribution in [0.15, 0.2) is 48.5 Å². The fourth-order valence-corrected chi connectivity index (χ4v) is 4.31. The minimum Gasteiger partial charge on any atom is -0.322 e. The summed E-state index contributed by atoms with van der Waals surface area (Å²) in [6, 6.07) is 15.8. The number of aromatic nitrogens is 3. The number of hydrogen-bond donors (Lipinski definition) is 1. The van der Waals surface area contributed by atoms with Crippen LogP contribution in [0.3, 0.4) is 0 Å². The number of rotatable bonds is 5. The van der Waals surface area contributed by atoms with Crippen molar-refractivity contribution in [1.82, 2.24) is 19.7 Å². The molecule has 29 heavy (non-hydrogen) atoms. The first kappa shape index (κ1) is 18.1. The third-order valence-corrected chi connectivity index (χ3v) is 5.78. The minimum atomic E-state index is -0.0862. The van der Waals surface area contributed by atoms with Crippen LogP contribution in [0, 0.1) is 0 Å². The van der Waals surface area contributed by atoms with Crippen LogP contribution in [0.1, 0.15) is 41.0 Å². The first-order valence-corrected chi connectivity index (χ1v) is 10.4. The number of likely N-dealkylation sites (tertiary alicyclic amines) is 1. The molecule has 2 aliphatic rings. The van der Waals surface area contributed by atoms with Crippen molar-refractivity contribution in [2.75, 3.05) is 18.4 Å². The number of amides is 1. The molecule has 1 fully saturated rings. The summed E-state index contributed by atoms with van der Waals surface area (Å²) in [6.07, 6.45) is 4.64. The van der Waals surface area contributed by atoms with Gasteiger partial charge in [0.05, 0.1) is 0 Å². The molecule has 6 heteroatoms. The molecule has 0 bridgehead atoms. The van der Waals surface area contributed by atoms with Crippen molar-refractivity contribution in [3.63, 3.8) is 0 Å². The van der Waals surface area contributed by atoms with Crippen LogP contribution >= 0.6 is 0 Å².